The number of rotatable bonds is 3. The van der Waals surface area contributed by atoms with Crippen molar-refractivity contribution in [3.8, 4) is 0 Å². The van der Waals surface area contributed by atoms with Crippen LogP contribution >= 0.6 is 0 Å². The van der Waals surface area contributed by atoms with Crippen LogP contribution in [0.4, 0.5) is 0 Å². The first-order chi connectivity index (χ1) is 6.09. The summed E-state index contributed by atoms with van der Waals surface area (Å²) in [6.07, 6.45) is 0.665. The van der Waals surface area contributed by atoms with E-state index in [-0.39, 0.29) is 0 Å². The molecule has 0 aromatic heterocycles. The van der Waals surface area contributed by atoms with Crippen LogP contribution in [0, 0.1) is 0 Å². The molecule has 0 unspecified atom stereocenters. The van der Waals surface area contributed by atoms with Crippen LogP contribution < -0.4 is 11.1 Å². The SMILES string of the molecule is CC(C)c1ccc(CC(N)=[NH2+])cc1. The van der Waals surface area contributed by atoms with E-state index in [9.17, 15) is 0 Å². The number of benzene rings is 1. The summed E-state index contributed by atoms with van der Waals surface area (Å²) in [5.41, 5.74) is 7.93. The lowest BCUT2D eigenvalue weighted by molar-refractivity contribution is -0.117. The van der Waals surface area contributed by atoms with E-state index in [2.05, 4.69) is 38.1 Å². The van der Waals surface area contributed by atoms with E-state index in [1.807, 2.05) is 0 Å². The Morgan fingerprint density at radius 3 is 2.23 bits per heavy atom. The van der Waals surface area contributed by atoms with Gasteiger partial charge in [-0.2, -0.15) is 0 Å². The van der Waals surface area contributed by atoms with Crippen molar-refractivity contribution in [2.24, 2.45) is 5.73 Å². The van der Waals surface area contributed by atoms with Crippen LogP contribution in [0.15, 0.2) is 24.3 Å². The molecule has 70 valence electrons. The molecule has 2 heteroatoms. The molecule has 0 saturated heterocycles. The average Bonchev–Trinajstić information content (AvgIpc) is 2.04. The third kappa shape index (κ3) is 2.90. The van der Waals surface area contributed by atoms with Gasteiger partial charge in [0.1, 0.15) is 0 Å². The van der Waals surface area contributed by atoms with Crippen molar-refractivity contribution >= 4 is 5.84 Å². The van der Waals surface area contributed by atoms with Gasteiger partial charge in [-0.1, -0.05) is 38.1 Å². The molecule has 0 heterocycles. The first kappa shape index (κ1) is 9.78. The largest absolute Gasteiger partial charge is 0.291 e. The molecule has 2 nitrogen and oxygen atoms in total. The second kappa shape index (κ2) is 4.08. The second-order valence-corrected chi connectivity index (χ2v) is 3.65. The summed E-state index contributed by atoms with van der Waals surface area (Å²) in [6.45, 7) is 4.36. The van der Waals surface area contributed by atoms with Gasteiger partial charge in [0.2, 0.25) is 5.84 Å². The van der Waals surface area contributed by atoms with Gasteiger partial charge in [0.05, 0.1) is 6.42 Å². The molecule has 0 aliphatic carbocycles. The standard InChI is InChI=1S/C11H16N2/c1-8(2)10-5-3-9(4-6-10)7-11(12)13/h3-6,8H,7H2,1-2H3,(H3,12,13)/p+1. The van der Waals surface area contributed by atoms with Crippen LogP contribution in [0.2, 0.25) is 0 Å². The number of amidine groups is 1. The fourth-order valence-corrected chi connectivity index (χ4v) is 1.26. The molecular weight excluding hydrogens is 160 g/mol. The Balaban J connectivity index is 2.75. The summed E-state index contributed by atoms with van der Waals surface area (Å²) in [5.74, 6) is 1.05. The minimum absolute atomic E-state index is 0.470. The third-order valence-corrected chi connectivity index (χ3v) is 2.05. The molecular formula is C11H17N2+. The van der Waals surface area contributed by atoms with Crippen molar-refractivity contribution in [1.82, 2.24) is 0 Å². The fraction of sp³-hybridized carbons (Fsp3) is 0.364. The molecule has 0 spiro atoms. The maximum atomic E-state index is 5.42. The van der Waals surface area contributed by atoms with E-state index in [0.717, 1.165) is 0 Å². The molecule has 0 atom stereocenters. The quantitative estimate of drug-likeness (QED) is 0.512. The Labute approximate surface area is 79.3 Å². The molecule has 0 aliphatic rings. The first-order valence-corrected chi connectivity index (χ1v) is 4.55. The Hall–Kier alpha value is -1.31. The molecule has 13 heavy (non-hydrogen) atoms. The number of hydrogen-bond acceptors (Lipinski definition) is 0. The maximum absolute atomic E-state index is 5.42. The minimum atomic E-state index is 0.470. The van der Waals surface area contributed by atoms with Gasteiger partial charge >= 0.3 is 0 Å². The highest BCUT2D eigenvalue weighted by Crippen LogP contribution is 2.14. The highest BCUT2D eigenvalue weighted by atomic mass is 14.7. The van der Waals surface area contributed by atoms with Crippen LogP contribution in [0.5, 0.6) is 0 Å². The predicted octanol–water partition coefficient (Wildman–Crippen LogP) is 0.469. The van der Waals surface area contributed by atoms with Crippen molar-refractivity contribution < 1.29 is 5.41 Å². The van der Waals surface area contributed by atoms with E-state index in [4.69, 9.17) is 11.1 Å². The van der Waals surface area contributed by atoms with E-state index < -0.39 is 0 Å². The van der Waals surface area contributed by atoms with Crippen LogP contribution in [0.3, 0.4) is 0 Å². The Morgan fingerprint density at radius 2 is 1.85 bits per heavy atom. The second-order valence-electron chi connectivity index (χ2n) is 3.65. The molecule has 0 radical (unpaired) electrons. The van der Waals surface area contributed by atoms with E-state index in [0.29, 0.717) is 18.2 Å². The number of hydrogen-bond donors (Lipinski definition) is 2. The van der Waals surface area contributed by atoms with E-state index in [1.165, 1.54) is 11.1 Å². The molecule has 0 saturated carbocycles. The number of nitrogens with two attached hydrogens (primary N) is 2. The van der Waals surface area contributed by atoms with Crippen molar-refractivity contribution in [2.75, 3.05) is 0 Å². The lowest BCUT2D eigenvalue weighted by atomic mass is 10.0. The van der Waals surface area contributed by atoms with Crippen molar-refractivity contribution in [2.45, 2.75) is 26.2 Å². The van der Waals surface area contributed by atoms with Gasteiger partial charge in [-0.15, -0.1) is 0 Å². The van der Waals surface area contributed by atoms with Gasteiger partial charge < -0.3 is 0 Å². The molecule has 0 bridgehead atoms. The molecule has 1 aromatic carbocycles. The van der Waals surface area contributed by atoms with Gasteiger partial charge in [0.25, 0.3) is 0 Å². The molecule has 1 rings (SSSR count). The van der Waals surface area contributed by atoms with E-state index in [1.54, 1.807) is 0 Å². The smallest absolute Gasteiger partial charge is 0.242 e. The summed E-state index contributed by atoms with van der Waals surface area (Å²) < 4.78 is 0. The molecule has 1 aromatic rings. The topological polar surface area (TPSA) is 51.6 Å². The normalized spacial score (nSPS) is 10.4. The average molecular weight is 177 g/mol. The van der Waals surface area contributed by atoms with Crippen LogP contribution in [0.1, 0.15) is 30.9 Å². The zero-order valence-electron chi connectivity index (χ0n) is 8.25. The summed E-state index contributed by atoms with van der Waals surface area (Å²) in [7, 11) is 0. The lowest BCUT2D eigenvalue weighted by Crippen LogP contribution is -2.46. The predicted molar refractivity (Wildman–Crippen MR) is 55.4 cm³/mol. The highest BCUT2D eigenvalue weighted by molar-refractivity contribution is 5.76. The minimum Gasteiger partial charge on any atom is -0.291 e. The summed E-state index contributed by atoms with van der Waals surface area (Å²) >= 11 is 0. The summed E-state index contributed by atoms with van der Waals surface area (Å²) in [5, 5.41) is 5.42. The zero-order chi connectivity index (χ0) is 9.84. The zero-order valence-corrected chi connectivity index (χ0v) is 8.25. The Bertz CT molecular complexity index is 285. The molecule has 4 N–H and O–H groups in total. The van der Waals surface area contributed by atoms with Crippen LogP contribution in [0.25, 0.3) is 0 Å². The Morgan fingerprint density at radius 1 is 1.31 bits per heavy atom. The van der Waals surface area contributed by atoms with Crippen molar-refractivity contribution in [1.29, 1.82) is 0 Å². The Kier molecular flexibility index (Phi) is 3.07. The first-order valence-electron chi connectivity index (χ1n) is 4.55. The third-order valence-electron chi connectivity index (χ3n) is 2.05. The summed E-state index contributed by atoms with van der Waals surface area (Å²) in [6, 6.07) is 8.41. The maximum Gasteiger partial charge on any atom is 0.242 e. The van der Waals surface area contributed by atoms with E-state index >= 15 is 0 Å². The van der Waals surface area contributed by atoms with Gasteiger partial charge in [0, 0.05) is 0 Å². The van der Waals surface area contributed by atoms with Crippen LogP contribution in [-0.2, 0) is 6.42 Å². The molecule has 0 amide bonds. The van der Waals surface area contributed by atoms with Crippen LogP contribution in [-0.4, -0.2) is 5.84 Å². The fourth-order valence-electron chi connectivity index (χ4n) is 1.26. The van der Waals surface area contributed by atoms with Crippen molar-refractivity contribution in [3.05, 3.63) is 35.4 Å². The van der Waals surface area contributed by atoms with Gasteiger partial charge in [-0.05, 0) is 17.0 Å². The lowest BCUT2D eigenvalue weighted by Gasteiger charge is -2.05. The molecule has 0 fully saturated rings. The van der Waals surface area contributed by atoms with Crippen molar-refractivity contribution in [3.63, 3.8) is 0 Å². The van der Waals surface area contributed by atoms with Gasteiger partial charge in [-0.3, -0.25) is 11.1 Å². The van der Waals surface area contributed by atoms with Gasteiger partial charge in [0.15, 0.2) is 0 Å². The monoisotopic (exact) mass is 177 g/mol. The van der Waals surface area contributed by atoms with Gasteiger partial charge in [-0.25, -0.2) is 0 Å². The summed E-state index contributed by atoms with van der Waals surface area (Å²) in [4.78, 5) is 0. The molecule has 0 aliphatic heterocycles. The highest BCUT2D eigenvalue weighted by Gasteiger charge is 2.01.